The highest BCUT2D eigenvalue weighted by molar-refractivity contribution is 8.02. The Kier molecular flexibility index (Phi) is 7.53. The van der Waals surface area contributed by atoms with Crippen molar-refractivity contribution in [3.05, 3.63) is 59.5 Å². The van der Waals surface area contributed by atoms with Gasteiger partial charge in [0.2, 0.25) is 0 Å². The molecule has 0 saturated carbocycles. The fourth-order valence-electron chi connectivity index (χ4n) is 2.48. The van der Waals surface area contributed by atoms with Crippen molar-refractivity contribution in [2.24, 2.45) is 0 Å². The largest absolute Gasteiger partial charge is 0.497 e. The number of anilines is 1. The summed E-state index contributed by atoms with van der Waals surface area (Å²) in [6.07, 6.45) is 1.44. The highest BCUT2D eigenvalue weighted by Gasteiger charge is 2.20. The van der Waals surface area contributed by atoms with Crippen LogP contribution >= 0.6 is 11.8 Å². The SMILES string of the molecule is COc1cccc(NC(=O)COc2ccc(S/C=C/C#N)cc2C(C)(C)C)c1. The van der Waals surface area contributed by atoms with Gasteiger partial charge in [-0.1, -0.05) is 38.6 Å². The van der Waals surface area contributed by atoms with E-state index in [1.54, 1.807) is 24.7 Å². The van der Waals surface area contributed by atoms with Gasteiger partial charge in [0, 0.05) is 28.3 Å². The second-order valence-electron chi connectivity index (χ2n) is 7.03. The molecule has 0 aliphatic carbocycles. The second-order valence-corrected chi connectivity index (χ2v) is 8.01. The van der Waals surface area contributed by atoms with E-state index >= 15 is 0 Å². The van der Waals surface area contributed by atoms with Crippen LogP contribution in [0.15, 0.2) is 58.8 Å². The van der Waals surface area contributed by atoms with Crippen LogP contribution in [0.4, 0.5) is 5.69 Å². The maximum absolute atomic E-state index is 12.3. The zero-order valence-electron chi connectivity index (χ0n) is 16.5. The normalized spacial score (nSPS) is 11.1. The number of allylic oxidation sites excluding steroid dienone is 1. The molecule has 2 rings (SSSR count). The van der Waals surface area contributed by atoms with E-state index in [1.165, 1.54) is 17.8 Å². The van der Waals surface area contributed by atoms with Gasteiger partial charge in [0.05, 0.1) is 13.2 Å². The van der Waals surface area contributed by atoms with E-state index in [9.17, 15) is 4.79 Å². The topological polar surface area (TPSA) is 71.3 Å². The molecule has 0 unspecified atom stereocenters. The number of ether oxygens (including phenoxy) is 2. The van der Waals surface area contributed by atoms with Gasteiger partial charge in [-0.15, -0.1) is 0 Å². The average Bonchev–Trinajstić information content (AvgIpc) is 2.66. The number of benzene rings is 2. The van der Waals surface area contributed by atoms with Crippen LogP contribution in [0.25, 0.3) is 0 Å². The van der Waals surface area contributed by atoms with Gasteiger partial charge in [-0.05, 0) is 41.2 Å². The Bertz CT molecular complexity index is 895. The van der Waals surface area contributed by atoms with Crippen molar-refractivity contribution in [3.63, 3.8) is 0 Å². The molecule has 6 heteroatoms. The highest BCUT2D eigenvalue weighted by atomic mass is 32.2. The molecule has 0 heterocycles. The summed E-state index contributed by atoms with van der Waals surface area (Å²) in [7, 11) is 1.58. The van der Waals surface area contributed by atoms with Gasteiger partial charge in [0.25, 0.3) is 5.91 Å². The van der Waals surface area contributed by atoms with E-state index < -0.39 is 0 Å². The van der Waals surface area contributed by atoms with Gasteiger partial charge in [-0.2, -0.15) is 5.26 Å². The molecule has 0 fully saturated rings. The number of nitrogens with one attached hydrogen (secondary N) is 1. The molecule has 1 N–H and O–H groups in total. The molecule has 2 aromatic rings. The minimum Gasteiger partial charge on any atom is -0.497 e. The van der Waals surface area contributed by atoms with Gasteiger partial charge in [0.15, 0.2) is 6.61 Å². The molecule has 0 saturated heterocycles. The lowest BCUT2D eigenvalue weighted by molar-refractivity contribution is -0.118. The second kappa shape index (κ2) is 9.86. The summed E-state index contributed by atoms with van der Waals surface area (Å²) in [6.45, 7) is 6.17. The third-order valence-electron chi connectivity index (χ3n) is 3.82. The van der Waals surface area contributed by atoms with Crippen LogP contribution in [0, 0.1) is 11.3 Å². The number of hydrogen-bond donors (Lipinski definition) is 1. The molecule has 0 spiro atoms. The fraction of sp³-hybridized carbons (Fsp3) is 0.273. The zero-order valence-corrected chi connectivity index (χ0v) is 17.3. The van der Waals surface area contributed by atoms with Gasteiger partial charge in [-0.25, -0.2) is 0 Å². The zero-order chi connectivity index (χ0) is 20.6. The lowest BCUT2D eigenvalue weighted by Gasteiger charge is -2.23. The smallest absolute Gasteiger partial charge is 0.262 e. The first-order valence-corrected chi connectivity index (χ1v) is 9.64. The summed E-state index contributed by atoms with van der Waals surface area (Å²) in [5.41, 5.74) is 1.49. The van der Waals surface area contributed by atoms with Crippen molar-refractivity contribution in [1.82, 2.24) is 0 Å². The Morgan fingerprint density at radius 2 is 2.04 bits per heavy atom. The molecule has 0 aliphatic heterocycles. The van der Waals surface area contributed by atoms with Crippen LogP contribution in [-0.4, -0.2) is 19.6 Å². The van der Waals surface area contributed by atoms with Crippen LogP contribution in [0.1, 0.15) is 26.3 Å². The van der Waals surface area contributed by atoms with E-state index in [4.69, 9.17) is 14.7 Å². The molecule has 0 aromatic heterocycles. The highest BCUT2D eigenvalue weighted by Crippen LogP contribution is 2.35. The molecule has 1 amide bonds. The van der Waals surface area contributed by atoms with Gasteiger partial charge < -0.3 is 14.8 Å². The average molecular weight is 397 g/mol. The summed E-state index contributed by atoms with van der Waals surface area (Å²) in [5, 5.41) is 13.2. The summed E-state index contributed by atoms with van der Waals surface area (Å²) in [6, 6.07) is 14.9. The van der Waals surface area contributed by atoms with Crippen molar-refractivity contribution in [2.45, 2.75) is 31.1 Å². The molecule has 28 heavy (non-hydrogen) atoms. The van der Waals surface area contributed by atoms with Gasteiger partial charge >= 0.3 is 0 Å². The quantitative estimate of drug-likeness (QED) is 0.518. The van der Waals surface area contributed by atoms with E-state index in [1.807, 2.05) is 36.4 Å². The molecule has 2 aromatic carbocycles. The van der Waals surface area contributed by atoms with Gasteiger partial charge in [0.1, 0.15) is 11.5 Å². The Labute approximate surface area is 170 Å². The number of rotatable bonds is 7. The molecule has 0 atom stereocenters. The first-order chi connectivity index (χ1) is 13.3. The van der Waals surface area contributed by atoms with Crippen LogP contribution < -0.4 is 14.8 Å². The number of carbonyl (C=O) groups is 1. The summed E-state index contributed by atoms with van der Waals surface area (Å²) < 4.78 is 11.0. The van der Waals surface area contributed by atoms with E-state index in [2.05, 4.69) is 26.1 Å². The molecule has 5 nitrogen and oxygen atoms in total. The molecular formula is C22H24N2O3S. The minimum atomic E-state index is -0.247. The first kappa shape index (κ1) is 21.4. The standard InChI is InChI=1S/C22H24N2O3S/c1-22(2,3)19-14-18(28-12-6-11-23)9-10-20(19)27-15-21(25)24-16-7-5-8-17(13-16)26-4/h5-10,12-14H,15H2,1-4H3,(H,24,25)/b12-6+. The maximum Gasteiger partial charge on any atom is 0.262 e. The number of hydrogen-bond acceptors (Lipinski definition) is 5. The predicted molar refractivity (Wildman–Crippen MR) is 113 cm³/mol. The molecule has 0 radical (unpaired) electrons. The molecule has 0 aliphatic rings. The number of nitrogens with zero attached hydrogens (tertiary/aromatic N) is 1. The van der Waals surface area contributed by atoms with Crippen LogP contribution in [-0.2, 0) is 10.2 Å². The van der Waals surface area contributed by atoms with E-state index in [-0.39, 0.29) is 17.9 Å². The summed E-state index contributed by atoms with van der Waals surface area (Å²) in [4.78, 5) is 13.3. The number of carbonyl (C=O) groups excluding carboxylic acids is 1. The fourth-order valence-corrected chi connectivity index (χ4v) is 3.10. The Morgan fingerprint density at radius 1 is 1.25 bits per heavy atom. The van der Waals surface area contributed by atoms with Gasteiger partial charge in [-0.3, -0.25) is 4.79 Å². The van der Waals surface area contributed by atoms with E-state index in [0.29, 0.717) is 17.2 Å². The first-order valence-electron chi connectivity index (χ1n) is 8.76. The maximum atomic E-state index is 12.3. The summed E-state index contributed by atoms with van der Waals surface area (Å²) >= 11 is 1.46. The predicted octanol–water partition coefficient (Wildman–Crippen LogP) is 5.14. The number of methoxy groups -OCH3 is 1. The summed E-state index contributed by atoms with van der Waals surface area (Å²) in [5.74, 6) is 1.10. The Hall–Kier alpha value is -2.91. The van der Waals surface area contributed by atoms with Crippen molar-refractivity contribution in [3.8, 4) is 17.6 Å². The van der Waals surface area contributed by atoms with Crippen LogP contribution in [0.2, 0.25) is 0 Å². The number of nitriles is 1. The van der Waals surface area contributed by atoms with Crippen molar-refractivity contribution in [2.75, 3.05) is 19.0 Å². The van der Waals surface area contributed by atoms with Crippen molar-refractivity contribution < 1.29 is 14.3 Å². The van der Waals surface area contributed by atoms with E-state index in [0.717, 1.165) is 10.5 Å². The van der Waals surface area contributed by atoms with Crippen LogP contribution in [0.5, 0.6) is 11.5 Å². The Balaban J connectivity index is 2.08. The molecule has 146 valence electrons. The third kappa shape index (κ3) is 6.36. The number of amides is 1. The van der Waals surface area contributed by atoms with Crippen LogP contribution in [0.3, 0.4) is 0 Å². The third-order valence-corrected chi connectivity index (χ3v) is 4.62. The lowest BCUT2D eigenvalue weighted by atomic mass is 9.86. The molecule has 0 bridgehead atoms. The monoisotopic (exact) mass is 396 g/mol. The lowest BCUT2D eigenvalue weighted by Crippen LogP contribution is -2.22. The number of thioether (sulfide) groups is 1. The molecular weight excluding hydrogens is 372 g/mol. The van der Waals surface area contributed by atoms with Crippen molar-refractivity contribution >= 4 is 23.4 Å². The van der Waals surface area contributed by atoms with Crippen molar-refractivity contribution in [1.29, 1.82) is 5.26 Å². The minimum absolute atomic E-state index is 0.0961. The Morgan fingerprint density at radius 3 is 2.71 bits per heavy atom.